The van der Waals surface area contributed by atoms with Gasteiger partial charge in [-0.15, -0.1) is 0 Å². The fraction of sp³-hybridized carbons (Fsp3) is 0.500. The molecule has 1 aliphatic heterocycles. The summed E-state index contributed by atoms with van der Waals surface area (Å²) in [7, 11) is 0. The lowest BCUT2D eigenvalue weighted by Gasteiger charge is -2.37. The molecule has 0 radical (unpaired) electrons. The number of hydrogen-bond acceptors (Lipinski definition) is 3. The van der Waals surface area contributed by atoms with Crippen molar-refractivity contribution in [3.8, 4) is 0 Å². The molecule has 1 fully saturated rings. The van der Waals surface area contributed by atoms with Crippen molar-refractivity contribution in [1.82, 2.24) is 0 Å². The second kappa shape index (κ2) is 5.06. The Kier molecular flexibility index (Phi) is 3.71. The van der Waals surface area contributed by atoms with Crippen LogP contribution >= 0.6 is 15.9 Å². The molecule has 0 spiro atoms. The molecule has 1 unspecified atom stereocenters. The average molecular weight is 285 g/mol. The van der Waals surface area contributed by atoms with Crippen molar-refractivity contribution in [3.05, 3.63) is 22.7 Å². The Morgan fingerprint density at radius 2 is 2.25 bits per heavy atom. The Balaban J connectivity index is 2.27. The number of rotatable bonds is 2. The van der Waals surface area contributed by atoms with E-state index in [-0.39, 0.29) is 12.6 Å². The summed E-state index contributed by atoms with van der Waals surface area (Å²) >= 11 is 3.40. The molecule has 88 valence electrons. The maximum atomic E-state index is 9.38. The minimum atomic E-state index is 0.204. The highest BCUT2D eigenvalue weighted by Crippen LogP contribution is 2.31. The molecule has 16 heavy (non-hydrogen) atoms. The summed E-state index contributed by atoms with van der Waals surface area (Å²) in [5.41, 5.74) is 7.83. The summed E-state index contributed by atoms with van der Waals surface area (Å²) in [5, 5.41) is 9.38. The number of aliphatic hydroxyl groups excluding tert-OH is 1. The van der Waals surface area contributed by atoms with Gasteiger partial charge < -0.3 is 15.7 Å². The minimum absolute atomic E-state index is 0.204. The molecule has 2 rings (SSSR count). The highest BCUT2D eigenvalue weighted by atomic mass is 79.9. The van der Waals surface area contributed by atoms with Gasteiger partial charge in [-0.2, -0.15) is 0 Å². The van der Waals surface area contributed by atoms with Crippen molar-refractivity contribution >= 4 is 27.3 Å². The van der Waals surface area contributed by atoms with Crippen LogP contribution in [0.25, 0.3) is 0 Å². The number of nitrogens with zero attached hydrogens (tertiary/aromatic N) is 1. The van der Waals surface area contributed by atoms with Crippen molar-refractivity contribution in [1.29, 1.82) is 0 Å². The van der Waals surface area contributed by atoms with Crippen LogP contribution in [0.5, 0.6) is 0 Å². The van der Waals surface area contributed by atoms with E-state index in [0.717, 1.165) is 28.8 Å². The van der Waals surface area contributed by atoms with E-state index in [1.54, 1.807) is 0 Å². The zero-order chi connectivity index (χ0) is 11.5. The number of halogens is 1. The van der Waals surface area contributed by atoms with Gasteiger partial charge in [-0.05, 0) is 37.5 Å². The molecule has 4 heteroatoms. The van der Waals surface area contributed by atoms with E-state index in [0.29, 0.717) is 0 Å². The van der Waals surface area contributed by atoms with Gasteiger partial charge in [0, 0.05) is 11.0 Å². The lowest BCUT2D eigenvalue weighted by molar-refractivity contribution is 0.240. The summed E-state index contributed by atoms with van der Waals surface area (Å²) in [5.74, 6) is 0. The number of aliphatic hydroxyl groups is 1. The van der Waals surface area contributed by atoms with E-state index in [1.165, 1.54) is 12.8 Å². The van der Waals surface area contributed by atoms with Crippen LogP contribution in [0.3, 0.4) is 0 Å². The third kappa shape index (κ3) is 2.33. The van der Waals surface area contributed by atoms with Crippen LogP contribution < -0.4 is 10.6 Å². The first-order valence-corrected chi connectivity index (χ1v) is 6.44. The van der Waals surface area contributed by atoms with Gasteiger partial charge in [0.05, 0.1) is 24.0 Å². The van der Waals surface area contributed by atoms with Crippen LogP contribution in [0, 0.1) is 0 Å². The monoisotopic (exact) mass is 284 g/mol. The molecule has 1 aromatic carbocycles. The third-order valence-corrected chi connectivity index (χ3v) is 3.63. The molecule has 3 N–H and O–H groups in total. The van der Waals surface area contributed by atoms with Gasteiger partial charge in [-0.3, -0.25) is 0 Å². The molecule has 0 amide bonds. The lowest BCUT2D eigenvalue weighted by atomic mass is 10.0. The zero-order valence-corrected chi connectivity index (χ0v) is 10.8. The number of nitrogens with two attached hydrogens (primary N) is 1. The Bertz CT molecular complexity index is 370. The molecule has 1 atom stereocenters. The maximum Gasteiger partial charge on any atom is 0.0635 e. The largest absolute Gasteiger partial charge is 0.397 e. The number of nitrogen functional groups attached to an aromatic ring is 1. The van der Waals surface area contributed by atoms with Crippen LogP contribution in [-0.4, -0.2) is 24.3 Å². The molecular weight excluding hydrogens is 268 g/mol. The number of piperidine rings is 1. The SMILES string of the molecule is Nc1cc(Br)ccc1N1CCCCC1CO. The van der Waals surface area contributed by atoms with Gasteiger partial charge >= 0.3 is 0 Å². The number of benzene rings is 1. The second-order valence-corrected chi connectivity index (χ2v) is 5.14. The Labute approximate surface area is 104 Å². The first-order chi connectivity index (χ1) is 7.72. The average Bonchev–Trinajstić information content (AvgIpc) is 2.29. The predicted octanol–water partition coefficient (Wildman–Crippen LogP) is 2.38. The molecule has 0 bridgehead atoms. The van der Waals surface area contributed by atoms with Gasteiger partial charge in [-0.25, -0.2) is 0 Å². The minimum Gasteiger partial charge on any atom is -0.397 e. The first kappa shape index (κ1) is 11.7. The van der Waals surface area contributed by atoms with Gasteiger partial charge in [0.1, 0.15) is 0 Å². The van der Waals surface area contributed by atoms with Crippen LogP contribution in [-0.2, 0) is 0 Å². The quantitative estimate of drug-likeness (QED) is 0.820. The van der Waals surface area contributed by atoms with Crippen molar-refractivity contribution in [3.63, 3.8) is 0 Å². The topological polar surface area (TPSA) is 49.5 Å². The highest BCUT2D eigenvalue weighted by molar-refractivity contribution is 9.10. The normalized spacial score (nSPS) is 21.1. The Morgan fingerprint density at radius 3 is 2.94 bits per heavy atom. The third-order valence-electron chi connectivity index (χ3n) is 3.14. The first-order valence-electron chi connectivity index (χ1n) is 5.65. The van der Waals surface area contributed by atoms with E-state index in [4.69, 9.17) is 5.73 Å². The molecule has 3 nitrogen and oxygen atoms in total. The van der Waals surface area contributed by atoms with E-state index < -0.39 is 0 Å². The van der Waals surface area contributed by atoms with Crippen LogP contribution in [0.2, 0.25) is 0 Å². The van der Waals surface area contributed by atoms with Gasteiger partial charge in [0.15, 0.2) is 0 Å². The zero-order valence-electron chi connectivity index (χ0n) is 9.19. The van der Waals surface area contributed by atoms with E-state index in [9.17, 15) is 5.11 Å². The summed E-state index contributed by atoms with van der Waals surface area (Å²) in [6.45, 7) is 1.19. The van der Waals surface area contributed by atoms with Crippen molar-refractivity contribution in [2.24, 2.45) is 0 Å². The molecule has 0 aromatic heterocycles. The van der Waals surface area contributed by atoms with Crippen molar-refractivity contribution in [2.75, 3.05) is 23.8 Å². The van der Waals surface area contributed by atoms with E-state index >= 15 is 0 Å². The molecule has 1 heterocycles. The summed E-state index contributed by atoms with van der Waals surface area (Å²) in [6, 6.07) is 6.15. The summed E-state index contributed by atoms with van der Waals surface area (Å²) < 4.78 is 0.992. The van der Waals surface area contributed by atoms with Gasteiger partial charge in [-0.1, -0.05) is 15.9 Å². The summed E-state index contributed by atoms with van der Waals surface area (Å²) in [4.78, 5) is 2.23. The molecule has 1 saturated heterocycles. The van der Waals surface area contributed by atoms with Crippen molar-refractivity contribution < 1.29 is 5.11 Å². The molecule has 1 aliphatic rings. The van der Waals surface area contributed by atoms with E-state index in [2.05, 4.69) is 20.8 Å². The predicted molar refractivity (Wildman–Crippen MR) is 70.6 cm³/mol. The maximum absolute atomic E-state index is 9.38. The standard InChI is InChI=1S/C12H17BrN2O/c13-9-4-5-12(11(14)7-9)15-6-2-1-3-10(15)8-16/h4-5,7,10,16H,1-3,6,8,14H2. The van der Waals surface area contributed by atoms with Crippen LogP contribution in [0.1, 0.15) is 19.3 Å². The van der Waals surface area contributed by atoms with Gasteiger partial charge in [0.25, 0.3) is 0 Å². The van der Waals surface area contributed by atoms with Crippen LogP contribution in [0.15, 0.2) is 22.7 Å². The Morgan fingerprint density at radius 1 is 1.44 bits per heavy atom. The molecular formula is C12H17BrN2O. The molecule has 0 saturated carbocycles. The fourth-order valence-electron chi connectivity index (χ4n) is 2.29. The fourth-order valence-corrected chi connectivity index (χ4v) is 2.67. The number of hydrogen-bond donors (Lipinski definition) is 2. The Hall–Kier alpha value is -0.740. The summed E-state index contributed by atoms with van der Waals surface area (Å²) in [6.07, 6.45) is 3.41. The van der Waals surface area contributed by atoms with Crippen LogP contribution in [0.4, 0.5) is 11.4 Å². The smallest absolute Gasteiger partial charge is 0.0635 e. The van der Waals surface area contributed by atoms with E-state index in [1.807, 2.05) is 18.2 Å². The second-order valence-electron chi connectivity index (χ2n) is 4.23. The highest BCUT2D eigenvalue weighted by Gasteiger charge is 2.23. The van der Waals surface area contributed by atoms with Crippen molar-refractivity contribution in [2.45, 2.75) is 25.3 Å². The molecule has 1 aromatic rings. The number of anilines is 2. The lowest BCUT2D eigenvalue weighted by Crippen LogP contribution is -2.42. The molecule has 0 aliphatic carbocycles. The van der Waals surface area contributed by atoms with Gasteiger partial charge in [0.2, 0.25) is 0 Å².